The van der Waals surface area contributed by atoms with Crippen molar-refractivity contribution in [3.05, 3.63) is 54.1 Å². The van der Waals surface area contributed by atoms with Crippen molar-refractivity contribution in [3.63, 3.8) is 0 Å². The van der Waals surface area contributed by atoms with Crippen molar-refractivity contribution in [1.82, 2.24) is 4.72 Å². The Bertz CT molecular complexity index is 850. The average Bonchev–Trinajstić information content (AvgIpc) is 2.66. The number of hydrogen-bond acceptors (Lipinski definition) is 4. The summed E-state index contributed by atoms with van der Waals surface area (Å²) >= 11 is 0. The summed E-state index contributed by atoms with van der Waals surface area (Å²) in [7, 11) is -2.12. The molecule has 0 aliphatic carbocycles. The van der Waals surface area contributed by atoms with Gasteiger partial charge in [0.25, 0.3) is 5.91 Å². The molecule has 0 aromatic heterocycles. The number of carbonyl (C=O) groups excluding carboxylic acids is 1. The monoisotopic (exact) mass is 376 g/mol. The third-order valence-corrected chi connectivity index (χ3v) is 5.29. The van der Waals surface area contributed by atoms with Gasteiger partial charge in [0.05, 0.1) is 17.7 Å². The number of ether oxygens (including phenoxy) is 1. The molecule has 0 fully saturated rings. The van der Waals surface area contributed by atoms with Crippen molar-refractivity contribution in [2.24, 2.45) is 0 Å². The molecule has 0 bridgehead atoms. The third-order valence-electron chi connectivity index (χ3n) is 3.83. The molecule has 0 spiro atoms. The van der Waals surface area contributed by atoms with Gasteiger partial charge in [-0.3, -0.25) is 4.79 Å². The quantitative estimate of drug-likeness (QED) is 0.657. The maximum Gasteiger partial charge on any atom is 0.255 e. The average molecular weight is 376 g/mol. The third kappa shape index (κ3) is 5.31. The van der Waals surface area contributed by atoms with Crippen molar-refractivity contribution in [1.29, 1.82) is 0 Å². The van der Waals surface area contributed by atoms with E-state index < -0.39 is 15.9 Å². The number of hydrogen-bond donors (Lipinski definition) is 2. The van der Waals surface area contributed by atoms with Gasteiger partial charge in [-0.15, -0.1) is 0 Å². The van der Waals surface area contributed by atoms with Gasteiger partial charge < -0.3 is 10.1 Å². The van der Waals surface area contributed by atoms with Gasteiger partial charge in [0.15, 0.2) is 0 Å². The van der Waals surface area contributed by atoms with Crippen LogP contribution in [0.2, 0.25) is 0 Å². The summed E-state index contributed by atoms with van der Waals surface area (Å²) in [5, 5.41) is 2.74. The van der Waals surface area contributed by atoms with Crippen LogP contribution in [0.5, 0.6) is 5.75 Å². The van der Waals surface area contributed by atoms with E-state index in [-0.39, 0.29) is 10.5 Å². The van der Waals surface area contributed by atoms with Gasteiger partial charge in [-0.25, -0.2) is 13.1 Å². The minimum Gasteiger partial charge on any atom is -0.495 e. The second-order valence-electron chi connectivity index (χ2n) is 5.79. The van der Waals surface area contributed by atoms with Crippen molar-refractivity contribution in [2.45, 2.75) is 31.1 Å². The lowest BCUT2D eigenvalue weighted by Crippen LogP contribution is -2.25. The first kappa shape index (κ1) is 19.9. The number of sulfonamides is 1. The largest absolute Gasteiger partial charge is 0.495 e. The Morgan fingerprint density at radius 2 is 1.85 bits per heavy atom. The number of methoxy groups -OCH3 is 1. The van der Waals surface area contributed by atoms with E-state index in [9.17, 15) is 13.2 Å². The molecule has 0 aliphatic heterocycles. The summed E-state index contributed by atoms with van der Waals surface area (Å²) < 4.78 is 32.5. The normalized spacial score (nSPS) is 11.2. The summed E-state index contributed by atoms with van der Waals surface area (Å²) in [6.07, 6.45) is 2.76. The number of anilines is 1. The number of amides is 1. The molecule has 0 radical (unpaired) electrons. The van der Waals surface area contributed by atoms with Crippen LogP contribution >= 0.6 is 0 Å². The highest BCUT2D eigenvalue weighted by molar-refractivity contribution is 7.89. The predicted octanol–water partition coefficient (Wildman–Crippen LogP) is 3.42. The van der Waals surface area contributed by atoms with E-state index in [1.807, 2.05) is 0 Å². The second kappa shape index (κ2) is 9.35. The number of carbonyl (C=O) groups is 1. The molecule has 7 heteroatoms. The van der Waals surface area contributed by atoms with Gasteiger partial charge in [-0.2, -0.15) is 0 Å². The molecule has 6 nitrogen and oxygen atoms in total. The van der Waals surface area contributed by atoms with Gasteiger partial charge in [0.1, 0.15) is 5.75 Å². The van der Waals surface area contributed by atoms with Gasteiger partial charge in [-0.1, -0.05) is 38.0 Å². The van der Waals surface area contributed by atoms with Crippen LogP contribution in [0, 0.1) is 0 Å². The van der Waals surface area contributed by atoms with E-state index in [0.717, 1.165) is 19.3 Å². The SMILES string of the molecule is CCCCCNS(=O)(=O)c1cccc(C(=O)Nc2ccccc2OC)c1. The van der Waals surface area contributed by atoms with Crippen LogP contribution in [0.4, 0.5) is 5.69 Å². The van der Waals surface area contributed by atoms with Crippen LogP contribution < -0.4 is 14.8 Å². The van der Waals surface area contributed by atoms with Crippen LogP contribution in [0.3, 0.4) is 0 Å². The molecule has 1 amide bonds. The smallest absolute Gasteiger partial charge is 0.255 e. The molecule has 0 aliphatic rings. The molecule has 0 saturated carbocycles. The minimum absolute atomic E-state index is 0.0710. The van der Waals surface area contributed by atoms with Crippen molar-refractivity contribution in [3.8, 4) is 5.75 Å². The number of unbranched alkanes of at least 4 members (excludes halogenated alkanes) is 2. The van der Waals surface area contributed by atoms with Crippen molar-refractivity contribution in [2.75, 3.05) is 19.0 Å². The highest BCUT2D eigenvalue weighted by Crippen LogP contribution is 2.24. The lowest BCUT2D eigenvalue weighted by molar-refractivity contribution is 0.102. The number of nitrogens with one attached hydrogen (secondary N) is 2. The van der Waals surface area contributed by atoms with E-state index in [4.69, 9.17) is 4.74 Å². The van der Waals surface area contributed by atoms with Crippen LogP contribution in [0.15, 0.2) is 53.4 Å². The summed E-state index contributed by atoms with van der Waals surface area (Å²) in [6.45, 7) is 2.44. The number of rotatable bonds is 9. The van der Waals surface area contributed by atoms with E-state index in [1.165, 1.54) is 19.2 Å². The Kier molecular flexibility index (Phi) is 7.17. The molecule has 26 heavy (non-hydrogen) atoms. The first-order chi connectivity index (χ1) is 12.5. The summed E-state index contributed by atoms with van der Waals surface area (Å²) in [4.78, 5) is 12.5. The van der Waals surface area contributed by atoms with Crippen molar-refractivity contribution >= 4 is 21.6 Å². The Morgan fingerprint density at radius 1 is 1.08 bits per heavy atom. The molecular weight excluding hydrogens is 352 g/mol. The maximum absolute atomic E-state index is 12.5. The summed E-state index contributed by atoms with van der Waals surface area (Å²) in [5.74, 6) is 0.125. The van der Waals surface area contributed by atoms with Gasteiger partial charge in [0, 0.05) is 12.1 Å². The zero-order valence-electron chi connectivity index (χ0n) is 15.0. The van der Waals surface area contributed by atoms with Crippen LogP contribution in [-0.2, 0) is 10.0 Å². The molecule has 2 N–H and O–H groups in total. The molecule has 0 saturated heterocycles. The minimum atomic E-state index is -3.64. The van der Waals surface area contributed by atoms with Crippen LogP contribution in [0.25, 0.3) is 0 Å². The fourth-order valence-electron chi connectivity index (χ4n) is 2.41. The number of benzene rings is 2. The van der Waals surface area contributed by atoms with Gasteiger partial charge in [-0.05, 0) is 36.8 Å². The molecule has 2 aromatic carbocycles. The van der Waals surface area contributed by atoms with Crippen molar-refractivity contribution < 1.29 is 17.9 Å². The second-order valence-corrected chi connectivity index (χ2v) is 7.55. The maximum atomic E-state index is 12.5. The highest BCUT2D eigenvalue weighted by Gasteiger charge is 2.16. The molecule has 2 aromatic rings. The zero-order chi connectivity index (χ0) is 19.0. The molecule has 0 heterocycles. The van der Waals surface area contributed by atoms with E-state index in [1.54, 1.807) is 36.4 Å². The fourth-order valence-corrected chi connectivity index (χ4v) is 3.53. The lowest BCUT2D eigenvalue weighted by Gasteiger charge is -2.11. The Balaban J connectivity index is 2.14. The van der Waals surface area contributed by atoms with Gasteiger partial charge in [0.2, 0.25) is 10.0 Å². The Labute approximate surface area is 154 Å². The molecule has 0 atom stereocenters. The Morgan fingerprint density at radius 3 is 2.58 bits per heavy atom. The topological polar surface area (TPSA) is 84.5 Å². The first-order valence-electron chi connectivity index (χ1n) is 8.52. The van der Waals surface area contributed by atoms with E-state index in [2.05, 4.69) is 17.0 Å². The number of para-hydroxylation sites is 2. The fraction of sp³-hybridized carbons (Fsp3) is 0.316. The van der Waals surface area contributed by atoms with Crippen LogP contribution in [0.1, 0.15) is 36.5 Å². The molecule has 2 rings (SSSR count). The van der Waals surface area contributed by atoms with Gasteiger partial charge >= 0.3 is 0 Å². The van der Waals surface area contributed by atoms with E-state index >= 15 is 0 Å². The predicted molar refractivity (Wildman–Crippen MR) is 102 cm³/mol. The highest BCUT2D eigenvalue weighted by atomic mass is 32.2. The zero-order valence-corrected chi connectivity index (χ0v) is 15.8. The lowest BCUT2D eigenvalue weighted by atomic mass is 10.2. The Hall–Kier alpha value is -2.38. The van der Waals surface area contributed by atoms with Crippen LogP contribution in [-0.4, -0.2) is 28.0 Å². The summed E-state index contributed by atoms with van der Waals surface area (Å²) in [5.41, 5.74) is 0.776. The molecule has 0 unspecified atom stereocenters. The summed E-state index contributed by atoms with van der Waals surface area (Å²) in [6, 6.07) is 13.0. The van der Waals surface area contributed by atoms with E-state index in [0.29, 0.717) is 18.0 Å². The standard InChI is InChI=1S/C19H24N2O4S/c1-3-4-7-13-20-26(23,24)16-10-8-9-15(14-16)19(22)21-17-11-5-6-12-18(17)25-2/h5-6,8-12,14,20H,3-4,7,13H2,1-2H3,(H,21,22). The first-order valence-corrected chi connectivity index (χ1v) is 10.0. The molecular formula is C19H24N2O4S. The molecule has 140 valence electrons.